The van der Waals surface area contributed by atoms with Gasteiger partial charge in [-0.1, -0.05) is 24.3 Å². The monoisotopic (exact) mass is 585 g/mol. The summed E-state index contributed by atoms with van der Waals surface area (Å²) in [7, 11) is 1.51. The molecule has 0 radical (unpaired) electrons. The zero-order chi connectivity index (χ0) is 29.5. The van der Waals surface area contributed by atoms with Crippen molar-refractivity contribution in [1.29, 1.82) is 0 Å². The molecule has 1 aromatic heterocycles. The second-order valence-electron chi connectivity index (χ2n) is 9.62. The van der Waals surface area contributed by atoms with Crippen LogP contribution in [0.15, 0.2) is 88.7 Å². The molecule has 42 heavy (non-hydrogen) atoms. The molecule has 10 nitrogen and oxygen atoms in total. The molecule has 0 aliphatic carbocycles. The highest BCUT2D eigenvalue weighted by Gasteiger charge is 2.25. The van der Waals surface area contributed by atoms with Crippen LogP contribution in [0.25, 0.3) is 10.8 Å². The number of carbonyl (C=O) groups excluding carboxylic acids is 2. The second-order valence-corrected chi connectivity index (χ2v) is 10.5. The van der Waals surface area contributed by atoms with Crippen LogP contribution in [0.5, 0.6) is 11.5 Å². The summed E-state index contributed by atoms with van der Waals surface area (Å²) in [5.74, 6) is 1.31. The van der Waals surface area contributed by atoms with Crippen molar-refractivity contribution < 1.29 is 19.1 Å². The van der Waals surface area contributed by atoms with Crippen LogP contribution in [0, 0.1) is 0 Å². The first-order valence-corrected chi connectivity index (χ1v) is 14.7. The van der Waals surface area contributed by atoms with E-state index in [1.807, 2.05) is 61.0 Å². The minimum Gasteiger partial charge on any atom is -0.493 e. The van der Waals surface area contributed by atoms with E-state index in [0.29, 0.717) is 42.2 Å². The predicted octanol–water partition coefficient (Wildman–Crippen LogP) is 5.60. The molecule has 0 bridgehead atoms. The third-order valence-corrected chi connectivity index (χ3v) is 7.68. The van der Waals surface area contributed by atoms with Crippen molar-refractivity contribution >= 4 is 45.9 Å². The minimum atomic E-state index is -0.632. The Morgan fingerprint density at radius 2 is 1.86 bits per heavy atom. The molecule has 3 N–H and O–H groups in total. The van der Waals surface area contributed by atoms with E-state index >= 15 is 0 Å². The third-order valence-electron chi connectivity index (χ3n) is 6.94. The maximum atomic E-state index is 12.5. The zero-order valence-corrected chi connectivity index (χ0v) is 24.1. The summed E-state index contributed by atoms with van der Waals surface area (Å²) < 4.78 is 11.1. The lowest BCUT2D eigenvalue weighted by Crippen LogP contribution is -2.31. The standard InChI is InChI=1S/C31H31N5O5S/c1-40-28-18-20(8-13-27(28)41-31(39)33-21-9-11-23(42-2)12-10-21)26-19-22(37)14-17-36(26)16-5-15-32-29-24-6-3-4-7-25(24)30(38)35-34-29/h3-4,6-14,17-18,26H,5,15-16,19H2,1-2H3,(H,32,34)(H,33,39)(H,35,38). The van der Waals surface area contributed by atoms with E-state index < -0.39 is 6.09 Å². The first kappa shape index (κ1) is 28.7. The van der Waals surface area contributed by atoms with E-state index in [0.717, 1.165) is 22.3 Å². The van der Waals surface area contributed by atoms with Crippen molar-refractivity contribution in [2.24, 2.45) is 0 Å². The second kappa shape index (κ2) is 13.3. The molecule has 0 fully saturated rings. The lowest BCUT2D eigenvalue weighted by atomic mass is 9.96. The summed E-state index contributed by atoms with van der Waals surface area (Å²) in [6.07, 6.45) is 5.82. The number of H-pyrrole nitrogens is 1. The molecule has 3 aromatic carbocycles. The Hall–Kier alpha value is -4.77. The molecule has 5 rings (SSSR count). The summed E-state index contributed by atoms with van der Waals surface area (Å²) in [4.78, 5) is 40.2. The van der Waals surface area contributed by atoms with Gasteiger partial charge in [0.05, 0.1) is 18.5 Å². The number of ether oxygens (including phenoxy) is 2. The molecular formula is C31H31N5O5S. The van der Waals surface area contributed by atoms with Crippen LogP contribution in [0.4, 0.5) is 16.3 Å². The van der Waals surface area contributed by atoms with Crippen LogP contribution < -0.4 is 25.7 Å². The highest BCUT2D eigenvalue weighted by atomic mass is 32.2. The van der Waals surface area contributed by atoms with Gasteiger partial charge in [0.15, 0.2) is 23.1 Å². The van der Waals surface area contributed by atoms with Crippen LogP contribution in [-0.4, -0.2) is 53.4 Å². The van der Waals surface area contributed by atoms with Crippen LogP contribution in [0.2, 0.25) is 0 Å². The number of amides is 1. The quantitative estimate of drug-likeness (QED) is 0.161. The number of nitrogens with one attached hydrogen (secondary N) is 3. The average Bonchev–Trinajstić information content (AvgIpc) is 3.01. The molecule has 1 unspecified atom stereocenters. The lowest BCUT2D eigenvalue weighted by Gasteiger charge is -2.33. The SMILES string of the molecule is COc1cc(C2CC(=O)C=CN2CCCNc2n[nH]c(=O)c3ccccc23)ccc1OC(=O)Nc1ccc(SC)cc1. The normalized spacial score (nSPS) is 14.6. The Morgan fingerprint density at radius 1 is 1.07 bits per heavy atom. The van der Waals surface area contributed by atoms with E-state index in [1.165, 1.54) is 7.11 Å². The van der Waals surface area contributed by atoms with Crippen LogP contribution >= 0.6 is 11.8 Å². The largest absolute Gasteiger partial charge is 0.493 e. The summed E-state index contributed by atoms with van der Waals surface area (Å²) in [6.45, 7) is 1.28. The fraction of sp³-hybridized carbons (Fsp3) is 0.226. The number of anilines is 2. The minimum absolute atomic E-state index is 0.0319. The predicted molar refractivity (Wildman–Crippen MR) is 165 cm³/mol. The van der Waals surface area contributed by atoms with Gasteiger partial charge in [-0.25, -0.2) is 9.89 Å². The Morgan fingerprint density at radius 3 is 2.62 bits per heavy atom. The Labute approximate surface area is 247 Å². The van der Waals surface area contributed by atoms with Gasteiger partial charge in [0.1, 0.15) is 0 Å². The van der Waals surface area contributed by atoms with Crippen molar-refractivity contribution in [2.75, 3.05) is 37.1 Å². The van der Waals surface area contributed by atoms with Gasteiger partial charge in [-0.05, 0) is 66.8 Å². The molecule has 1 amide bonds. The number of rotatable bonds is 10. The number of fused-ring (bicyclic) bond motifs is 1. The highest BCUT2D eigenvalue weighted by Crippen LogP contribution is 2.35. The van der Waals surface area contributed by atoms with Gasteiger partial charge in [-0.2, -0.15) is 5.10 Å². The summed E-state index contributed by atoms with van der Waals surface area (Å²) in [6, 6.07) is 19.9. The summed E-state index contributed by atoms with van der Waals surface area (Å²) >= 11 is 1.62. The van der Waals surface area contributed by atoms with Gasteiger partial charge in [-0.3, -0.25) is 14.9 Å². The number of hydrogen-bond donors (Lipinski definition) is 3. The van der Waals surface area contributed by atoms with Gasteiger partial charge in [0, 0.05) is 41.7 Å². The first-order valence-electron chi connectivity index (χ1n) is 13.4. The van der Waals surface area contributed by atoms with E-state index in [9.17, 15) is 14.4 Å². The molecular weight excluding hydrogens is 554 g/mol. The van der Waals surface area contributed by atoms with Gasteiger partial charge >= 0.3 is 6.09 Å². The molecule has 0 spiro atoms. The van der Waals surface area contributed by atoms with Crippen molar-refractivity contribution in [3.05, 3.63) is 94.9 Å². The molecule has 216 valence electrons. The number of nitrogens with zero attached hydrogens (tertiary/aromatic N) is 2. The summed E-state index contributed by atoms with van der Waals surface area (Å²) in [5, 5.41) is 14.1. The number of aromatic nitrogens is 2. The Balaban J connectivity index is 1.23. The van der Waals surface area contributed by atoms with Crippen molar-refractivity contribution in [2.45, 2.75) is 23.8 Å². The number of aromatic amines is 1. The molecule has 1 atom stereocenters. The van der Waals surface area contributed by atoms with E-state index in [-0.39, 0.29) is 23.1 Å². The van der Waals surface area contributed by atoms with Gasteiger partial charge < -0.3 is 19.7 Å². The van der Waals surface area contributed by atoms with Gasteiger partial charge in [0.25, 0.3) is 5.56 Å². The van der Waals surface area contributed by atoms with Crippen molar-refractivity contribution in [3.63, 3.8) is 0 Å². The number of ketones is 1. The molecule has 4 aromatic rings. The number of hydrogen-bond acceptors (Lipinski definition) is 9. The molecule has 2 heterocycles. The van der Waals surface area contributed by atoms with Crippen LogP contribution in [-0.2, 0) is 4.79 Å². The number of benzene rings is 3. The number of allylic oxidation sites excluding steroid dienone is 1. The van der Waals surface area contributed by atoms with E-state index in [1.54, 1.807) is 36.0 Å². The van der Waals surface area contributed by atoms with E-state index in [4.69, 9.17) is 9.47 Å². The van der Waals surface area contributed by atoms with Gasteiger partial charge in [-0.15, -0.1) is 11.8 Å². The smallest absolute Gasteiger partial charge is 0.417 e. The Kier molecular flexibility index (Phi) is 9.08. The van der Waals surface area contributed by atoms with Crippen molar-refractivity contribution in [3.8, 4) is 11.5 Å². The van der Waals surface area contributed by atoms with Gasteiger partial charge in [0.2, 0.25) is 0 Å². The number of carbonyl (C=O) groups is 2. The molecule has 0 saturated carbocycles. The van der Waals surface area contributed by atoms with E-state index in [2.05, 4.69) is 25.7 Å². The van der Waals surface area contributed by atoms with Crippen molar-refractivity contribution in [1.82, 2.24) is 15.1 Å². The molecule has 11 heteroatoms. The first-order chi connectivity index (χ1) is 20.4. The maximum Gasteiger partial charge on any atom is 0.417 e. The third kappa shape index (κ3) is 6.74. The maximum absolute atomic E-state index is 12.5. The topological polar surface area (TPSA) is 126 Å². The zero-order valence-electron chi connectivity index (χ0n) is 23.3. The summed E-state index contributed by atoms with van der Waals surface area (Å²) in [5.41, 5.74) is 1.26. The highest BCUT2D eigenvalue weighted by molar-refractivity contribution is 7.98. The van der Waals surface area contributed by atoms with Crippen LogP contribution in [0.3, 0.4) is 0 Å². The fourth-order valence-electron chi connectivity index (χ4n) is 4.81. The molecule has 1 aliphatic rings. The lowest BCUT2D eigenvalue weighted by molar-refractivity contribution is -0.116. The number of thioether (sulfide) groups is 1. The molecule has 0 saturated heterocycles. The average molecular weight is 586 g/mol. The Bertz CT molecular complexity index is 1670. The number of methoxy groups -OCH3 is 1. The fourth-order valence-corrected chi connectivity index (χ4v) is 5.22. The molecule has 1 aliphatic heterocycles. The van der Waals surface area contributed by atoms with Crippen LogP contribution in [0.1, 0.15) is 24.4 Å².